The quantitative estimate of drug-likeness (QED) is 0.653. The molecule has 0 rings (SSSR count). The number of hydrogen-bond acceptors (Lipinski definition) is 1. The Morgan fingerprint density at radius 1 is 0.833 bits per heavy atom. The van der Waals surface area contributed by atoms with Gasteiger partial charge in [0, 0.05) is 0 Å². The summed E-state index contributed by atoms with van der Waals surface area (Å²) < 4.78 is 11.1. The molecule has 12 heavy (non-hydrogen) atoms. The van der Waals surface area contributed by atoms with Crippen LogP contribution in [0.25, 0.3) is 0 Å². The molecule has 0 amide bonds. The fourth-order valence-electron chi connectivity index (χ4n) is 1.45. The Bertz CT molecular complexity index is 159. The van der Waals surface area contributed by atoms with Gasteiger partial charge in [-0.1, -0.05) is 0 Å². The number of nitrogens with zero attached hydrogens (tertiary/aromatic N) is 4. The molecule has 74 valence electrons. The smallest absolute Gasteiger partial charge is 0.206 e. The van der Waals surface area contributed by atoms with Crippen LogP contribution >= 0.6 is 16.9 Å². The highest BCUT2D eigenvalue weighted by atomic mass is 31.2. The molecule has 0 N–H and O–H groups in total. The molecule has 1 unspecified atom stereocenters. The SMILES string of the molecule is CN(C)P(=N[PH3+])(N(C)C)N(C)C. The van der Waals surface area contributed by atoms with Gasteiger partial charge >= 0.3 is 0 Å². The third kappa shape index (κ3) is 2.07. The van der Waals surface area contributed by atoms with Crippen LogP contribution in [0.1, 0.15) is 0 Å². The van der Waals surface area contributed by atoms with Crippen molar-refractivity contribution in [2.24, 2.45) is 4.52 Å². The lowest BCUT2D eigenvalue weighted by Crippen LogP contribution is -2.30. The minimum atomic E-state index is -1.56. The van der Waals surface area contributed by atoms with Gasteiger partial charge in [0.05, 0.1) is 9.39 Å². The largest absolute Gasteiger partial charge is 0.249 e. The zero-order valence-corrected chi connectivity index (χ0v) is 11.3. The molecule has 0 aliphatic heterocycles. The van der Waals surface area contributed by atoms with E-state index < -0.39 is 7.51 Å². The molecule has 6 heteroatoms. The molecule has 1 atom stereocenters. The zero-order valence-electron chi connectivity index (χ0n) is 8.94. The molecule has 0 radical (unpaired) electrons. The lowest BCUT2D eigenvalue weighted by Gasteiger charge is -2.38. The standard InChI is InChI=1S/C6H20N4P2/c1-8(2)12(7-11,9(3)4)10(5)6/h11H2,1-6H3/p+1. The summed E-state index contributed by atoms with van der Waals surface area (Å²) in [6.07, 6.45) is 0. The van der Waals surface area contributed by atoms with Crippen LogP contribution in [0, 0.1) is 0 Å². The van der Waals surface area contributed by atoms with E-state index in [1.165, 1.54) is 0 Å². The molecule has 0 aliphatic rings. The highest BCUT2D eigenvalue weighted by molar-refractivity contribution is 7.61. The lowest BCUT2D eigenvalue weighted by molar-refractivity contribution is 0.476. The third-order valence-electron chi connectivity index (χ3n) is 1.80. The van der Waals surface area contributed by atoms with E-state index in [0.717, 1.165) is 0 Å². The van der Waals surface area contributed by atoms with Crippen LogP contribution in [0.3, 0.4) is 0 Å². The Morgan fingerprint density at radius 2 is 1.08 bits per heavy atom. The zero-order chi connectivity index (χ0) is 9.94. The monoisotopic (exact) mass is 211 g/mol. The molecule has 0 bridgehead atoms. The Labute approximate surface area is 78.4 Å². The van der Waals surface area contributed by atoms with E-state index >= 15 is 0 Å². The van der Waals surface area contributed by atoms with Crippen molar-refractivity contribution in [1.29, 1.82) is 0 Å². The Balaban J connectivity index is 5.08. The summed E-state index contributed by atoms with van der Waals surface area (Å²) in [6.45, 7) is 0. The highest BCUT2D eigenvalue weighted by Crippen LogP contribution is 2.55. The molecule has 0 spiro atoms. The molecular weight excluding hydrogens is 190 g/mol. The van der Waals surface area contributed by atoms with Crippen LogP contribution in [0.4, 0.5) is 0 Å². The van der Waals surface area contributed by atoms with E-state index in [1.807, 2.05) is 0 Å². The molecule has 0 aromatic heterocycles. The van der Waals surface area contributed by atoms with Crippen LogP contribution < -0.4 is 0 Å². The van der Waals surface area contributed by atoms with Crippen molar-refractivity contribution in [3.63, 3.8) is 0 Å². The normalized spacial score (nSPS) is 13.4. The van der Waals surface area contributed by atoms with Gasteiger partial charge in [-0.15, -0.1) is 4.52 Å². The molecular formula is C6H21N4P2+. The van der Waals surface area contributed by atoms with Crippen molar-refractivity contribution in [2.75, 3.05) is 42.3 Å². The van der Waals surface area contributed by atoms with E-state index in [9.17, 15) is 0 Å². The van der Waals surface area contributed by atoms with Crippen molar-refractivity contribution in [3.8, 4) is 0 Å². The van der Waals surface area contributed by atoms with E-state index in [1.54, 1.807) is 9.39 Å². The first kappa shape index (κ1) is 12.5. The second kappa shape index (κ2) is 4.69. The van der Waals surface area contributed by atoms with Crippen molar-refractivity contribution >= 4 is 16.9 Å². The predicted octanol–water partition coefficient (Wildman–Crippen LogP) is 1.14. The summed E-state index contributed by atoms with van der Waals surface area (Å²) >= 11 is 0. The average molecular weight is 211 g/mol. The molecule has 0 saturated heterocycles. The van der Waals surface area contributed by atoms with Crippen LogP contribution in [-0.2, 0) is 0 Å². The maximum absolute atomic E-state index is 4.53. The minimum Gasteiger partial charge on any atom is -0.249 e. The van der Waals surface area contributed by atoms with Crippen LogP contribution in [0.5, 0.6) is 0 Å². The van der Waals surface area contributed by atoms with Gasteiger partial charge in [-0.25, -0.2) is 14.0 Å². The van der Waals surface area contributed by atoms with Gasteiger partial charge < -0.3 is 0 Å². The van der Waals surface area contributed by atoms with Crippen LogP contribution in [0.2, 0.25) is 0 Å². The minimum absolute atomic E-state index is 1.56. The van der Waals surface area contributed by atoms with Gasteiger partial charge in [0.2, 0.25) is 7.51 Å². The van der Waals surface area contributed by atoms with Gasteiger partial charge in [-0.2, -0.15) is 0 Å². The number of hydrogen-bond donors (Lipinski definition) is 0. The van der Waals surface area contributed by atoms with Crippen molar-refractivity contribution < 1.29 is 0 Å². The molecule has 4 nitrogen and oxygen atoms in total. The first-order valence-corrected chi connectivity index (χ1v) is 6.03. The summed E-state index contributed by atoms with van der Waals surface area (Å²) in [5.41, 5.74) is 0. The summed E-state index contributed by atoms with van der Waals surface area (Å²) in [4.78, 5) is 0. The molecule has 0 fully saturated rings. The first-order valence-electron chi connectivity index (χ1n) is 3.80. The average Bonchev–Trinajstić information content (AvgIpc) is 1.86. The summed E-state index contributed by atoms with van der Waals surface area (Å²) in [7, 11) is 12.6. The molecule has 0 aromatic carbocycles. The predicted molar refractivity (Wildman–Crippen MR) is 61.5 cm³/mol. The van der Waals surface area contributed by atoms with E-state index in [0.29, 0.717) is 0 Å². The highest BCUT2D eigenvalue weighted by Gasteiger charge is 2.28. The second-order valence-electron chi connectivity index (χ2n) is 3.22. The molecule has 0 heterocycles. The Hall–Kier alpha value is 0.540. The van der Waals surface area contributed by atoms with Crippen molar-refractivity contribution in [1.82, 2.24) is 14.0 Å². The molecule has 0 aliphatic carbocycles. The van der Waals surface area contributed by atoms with E-state index in [-0.39, 0.29) is 0 Å². The summed E-state index contributed by atoms with van der Waals surface area (Å²) in [5.74, 6) is 0. The Kier molecular flexibility index (Phi) is 4.90. The first-order chi connectivity index (χ1) is 5.39. The van der Waals surface area contributed by atoms with E-state index in [4.69, 9.17) is 0 Å². The summed E-state index contributed by atoms with van der Waals surface area (Å²) in [6, 6.07) is 0. The van der Waals surface area contributed by atoms with E-state index in [2.05, 4.69) is 60.8 Å². The molecule has 0 saturated carbocycles. The summed E-state index contributed by atoms with van der Waals surface area (Å²) in [5, 5.41) is 0. The number of rotatable bonds is 3. The third-order valence-corrected chi connectivity index (χ3v) is 6.54. The van der Waals surface area contributed by atoms with Crippen LogP contribution in [-0.4, -0.2) is 56.3 Å². The maximum atomic E-state index is 4.53. The van der Waals surface area contributed by atoms with Gasteiger partial charge in [-0.05, 0) is 42.3 Å². The fourth-order valence-corrected chi connectivity index (χ4v) is 6.64. The van der Waals surface area contributed by atoms with Crippen LogP contribution in [0.15, 0.2) is 4.52 Å². The molecule has 0 aromatic rings. The topological polar surface area (TPSA) is 22.1 Å². The van der Waals surface area contributed by atoms with Crippen molar-refractivity contribution in [3.05, 3.63) is 0 Å². The van der Waals surface area contributed by atoms with Crippen molar-refractivity contribution in [2.45, 2.75) is 0 Å². The van der Waals surface area contributed by atoms with Gasteiger partial charge in [-0.3, -0.25) is 0 Å². The second-order valence-corrected chi connectivity index (χ2v) is 7.82. The fraction of sp³-hybridized carbons (Fsp3) is 1.00. The lowest BCUT2D eigenvalue weighted by atomic mass is 11.2. The van der Waals surface area contributed by atoms with Gasteiger partial charge in [0.25, 0.3) is 0 Å². The van der Waals surface area contributed by atoms with Gasteiger partial charge in [0.1, 0.15) is 0 Å². The Morgan fingerprint density at radius 3 is 1.08 bits per heavy atom. The van der Waals surface area contributed by atoms with Gasteiger partial charge in [0.15, 0.2) is 0 Å². The maximum Gasteiger partial charge on any atom is 0.206 e.